The van der Waals surface area contributed by atoms with Gasteiger partial charge in [-0.3, -0.25) is 14.4 Å². The van der Waals surface area contributed by atoms with Gasteiger partial charge in [0, 0.05) is 17.4 Å². The molecule has 0 amide bonds. The van der Waals surface area contributed by atoms with E-state index in [0.29, 0.717) is 17.6 Å². The molecule has 1 unspecified atom stereocenters. The Balaban J connectivity index is 2.45. The van der Waals surface area contributed by atoms with Crippen molar-refractivity contribution in [2.75, 3.05) is 0 Å². The number of ketones is 3. The Morgan fingerprint density at radius 2 is 1.93 bits per heavy atom. The van der Waals surface area contributed by atoms with Gasteiger partial charge in [-0.2, -0.15) is 0 Å². The lowest BCUT2D eigenvalue weighted by atomic mass is 9.68. The third-order valence-electron chi connectivity index (χ3n) is 5.30. The van der Waals surface area contributed by atoms with Gasteiger partial charge >= 0.3 is 0 Å². The minimum Gasteiger partial charge on any atom is -0.381 e. The second kappa shape index (κ2) is 8.66. The van der Waals surface area contributed by atoms with Crippen molar-refractivity contribution >= 4 is 23.4 Å². The highest BCUT2D eigenvalue weighted by Crippen LogP contribution is 2.40. The van der Waals surface area contributed by atoms with Crippen LogP contribution in [0.1, 0.15) is 55.6 Å². The largest absolute Gasteiger partial charge is 0.381 e. The first-order chi connectivity index (χ1) is 13.5. The lowest BCUT2D eigenvalue weighted by molar-refractivity contribution is -0.120. The molecule has 152 valence electrons. The van der Waals surface area contributed by atoms with Gasteiger partial charge in [-0.1, -0.05) is 50.8 Å². The molecule has 0 heterocycles. The summed E-state index contributed by atoms with van der Waals surface area (Å²) in [6.45, 7) is 10.4. The van der Waals surface area contributed by atoms with Gasteiger partial charge in [0.25, 0.3) is 0 Å². The lowest BCUT2D eigenvalue weighted by Gasteiger charge is -2.40. The summed E-state index contributed by atoms with van der Waals surface area (Å²) in [6.07, 6.45) is 9.99. The van der Waals surface area contributed by atoms with Crippen molar-refractivity contribution in [2.45, 2.75) is 46.1 Å². The van der Waals surface area contributed by atoms with E-state index in [1.165, 1.54) is 32.1 Å². The number of allylic oxidation sites excluding steroid dienone is 4. The van der Waals surface area contributed by atoms with E-state index >= 15 is 0 Å². The quantitative estimate of drug-likeness (QED) is 0.423. The molecular formula is C25H28O4. The van der Waals surface area contributed by atoms with Crippen molar-refractivity contribution in [3.8, 4) is 0 Å². The van der Waals surface area contributed by atoms with Crippen LogP contribution in [-0.2, 0) is 16.0 Å². The van der Waals surface area contributed by atoms with Gasteiger partial charge in [0.2, 0.25) is 0 Å². The summed E-state index contributed by atoms with van der Waals surface area (Å²) in [5.74, 6) is -0.218. The summed E-state index contributed by atoms with van der Waals surface area (Å²) in [4.78, 5) is 35.5. The van der Waals surface area contributed by atoms with E-state index in [-0.39, 0.29) is 23.8 Å². The van der Waals surface area contributed by atoms with E-state index < -0.39 is 11.0 Å². The van der Waals surface area contributed by atoms with Crippen LogP contribution in [0, 0.1) is 5.41 Å². The maximum atomic E-state index is 12.0. The normalized spacial score (nSPS) is 21.4. The molecular weight excluding hydrogens is 364 g/mol. The van der Waals surface area contributed by atoms with E-state index in [4.69, 9.17) is 0 Å². The summed E-state index contributed by atoms with van der Waals surface area (Å²) >= 11 is 0. The number of Topliss-reactive ketones (excluding diaryl/α,β-unsaturated/α-hetero) is 1. The average molecular weight is 392 g/mol. The first-order valence-corrected chi connectivity index (χ1v) is 9.58. The van der Waals surface area contributed by atoms with Gasteiger partial charge in [-0.25, -0.2) is 0 Å². The molecule has 1 aromatic rings. The summed E-state index contributed by atoms with van der Waals surface area (Å²) in [5.41, 5.74) is 0.918. The second-order valence-corrected chi connectivity index (χ2v) is 8.20. The van der Waals surface area contributed by atoms with Gasteiger partial charge < -0.3 is 5.11 Å². The molecule has 0 saturated heterocycles. The van der Waals surface area contributed by atoms with E-state index in [9.17, 15) is 19.5 Å². The molecule has 29 heavy (non-hydrogen) atoms. The Kier molecular flexibility index (Phi) is 6.70. The molecule has 0 radical (unpaired) electrons. The van der Waals surface area contributed by atoms with Crippen LogP contribution in [-0.4, -0.2) is 28.1 Å². The molecule has 4 nitrogen and oxygen atoms in total. The molecule has 0 spiro atoms. The van der Waals surface area contributed by atoms with E-state index in [1.54, 1.807) is 24.3 Å². The zero-order valence-electron chi connectivity index (χ0n) is 17.5. The zero-order valence-corrected chi connectivity index (χ0v) is 17.5. The third kappa shape index (κ3) is 5.36. The number of hydrogen-bond donors (Lipinski definition) is 1. The molecule has 1 aliphatic rings. The fourth-order valence-electron chi connectivity index (χ4n) is 3.47. The van der Waals surface area contributed by atoms with Crippen LogP contribution in [0.2, 0.25) is 0 Å². The van der Waals surface area contributed by atoms with Crippen molar-refractivity contribution < 1.29 is 19.5 Å². The molecule has 4 heteroatoms. The predicted molar refractivity (Wildman–Crippen MR) is 116 cm³/mol. The maximum absolute atomic E-state index is 12.0. The number of aliphatic hydroxyl groups is 1. The molecule has 2 rings (SSSR count). The van der Waals surface area contributed by atoms with E-state index in [1.807, 2.05) is 26.0 Å². The molecule has 1 atom stereocenters. The highest BCUT2D eigenvalue weighted by Gasteiger charge is 2.43. The number of hydrogen-bond acceptors (Lipinski definition) is 4. The molecule has 1 aliphatic carbocycles. The Morgan fingerprint density at radius 1 is 1.24 bits per heavy atom. The fourth-order valence-corrected chi connectivity index (χ4v) is 3.47. The van der Waals surface area contributed by atoms with Crippen molar-refractivity contribution in [2.24, 2.45) is 5.41 Å². The smallest absolute Gasteiger partial charge is 0.160 e. The lowest BCUT2D eigenvalue weighted by Crippen LogP contribution is -2.45. The van der Waals surface area contributed by atoms with Crippen molar-refractivity contribution in [1.82, 2.24) is 0 Å². The van der Waals surface area contributed by atoms with Crippen LogP contribution in [0.25, 0.3) is 6.08 Å². The molecule has 0 bridgehead atoms. The summed E-state index contributed by atoms with van der Waals surface area (Å²) in [6, 6.07) is 5.46. The minimum atomic E-state index is -1.32. The van der Waals surface area contributed by atoms with Crippen molar-refractivity contribution in [3.63, 3.8) is 0 Å². The van der Waals surface area contributed by atoms with Crippen molar-refractivity contribution in [1.29, 1.82) is 0 Å². The van der Waals surface area contributed by atoms with E-state index in [0.717, 1.165) is 11.1 Å². The van der Waals surface area contributed by atoms with Gasteiger partial charge in [0.05, 0.1) is 0 Å². The highest BCUT2D eigenvalue weighted by atomic mass is 16.3. The average Bonchev–Trinajstić information content (AvgIpc) is 2.62. The predicted octanol–water partition coefficient (Wildman–Crippen LogP) is 4.43. The van der Waals surface area contributed by atoms with Crippen molar-refractivity contribution in [3.05, 3.63) is 77.4 Å². The van der Waals surface area contributed by atoms with Gasteiger partial charge in [-0.05, 0) is 61.3 Å². The van der Waals surface area contributed by atoms with Crippen LogP contribution < -0.4 is 0 Å². The van der Waals surface area contributed by atoms with Gasteiger partial charge in [0.15, 0.2) is 17.3 Å². The Hall–Kier alpha value is -2.85. The maximum Gasteiger partial charge on any atom is 0.160 e. The van der Waals surface area contributed by atoms with E-state index in [2.05, 4.69) is 6.58 Å². The molecule has 0 fully saturated rings. The summed E-state index contributed by atoms with van der Waals surface area (Å²) < 4.78 is 0. The number of rotatable bonds is 7. The van der Waals surface area contributed by atoms with Crippen LogP contribution in [0.4, 0.5) is 0 Å². The van der Waals surface area contributed by atoms with Crippen LogP contribution in [0.15, 0.2) is 60.7 Å². The minimum absolute atomic E-state index is 0.0279. The number of carbonyl (C=O) groups excluding carboxylic acids is 3. The summed E-state index contributed by atoms with van der Waals surface area (Å²) in [5, 5.41) is 11.1. The van der Waals surface area contributed by atoms with Gasteiger partial charge in [-0.15, -0.1) is 0 Å². The number of carbonyl (C=O) groups is 3. The molecule has 0 saturated carbocycles. The molecule has 0 aliphatic heterocycles. The Labute approximate surface area is 172 Å². The monoisotopic (exact) mass is 392 g/mol. The first kappa shape index (κ1) is 22.4. The summed E-state index contributed by atoms with van der Waals surface area (Å²) in [7, 11) is 0. The molecule has 1 aromatic carbocycles. The topological polar surface area (TPSA) is 71.4 Å². The fraction of sp³-hybridized carbons (Fsp3) is 0.320. The highest BCUT2D eigenvalue weighted by molar-refractivity contribution is 5.96. The SMILES string of the molecule is C=Cc1ccc(C(C)=O)c(CC(=C/C(C)=O)/C=C/C2(O)C=CC(=O)CC2(C)C)c1. The van der Waals surface area contributed by atoms with Crippen LogP contribution in [0.3, 0.4) is 0 Å². The first-order valence-electron chi connectivity index (χ1n) is 9.58. The number of benzene rings is 1. The Bertz CT molecular complexity index is 944. The van der Waals surface area contributed by atoms with Gasteiger partial charge in [0.1, 0.15) is 5.60 Å². The molecule has 0 aromatic heterocycles. The third-order valence-corrected chi connectivity index (χ3v) is 5.30. The zero-order chi connectivity index (χ0) is 21.8. The second-order valence-electron chi connectivity index (χ2n) is 8.20. The van der Waals surface area contributed by atoms with Crippen LogP contribution in [0.5, 0.6) is 0 Å². The molecule has 1 N–H and O–H groups in total. The Morgan fingerprint density at radius 3 is 2.48 bits per heavy atom. The standard InChI is InChI=1S/C25H28O4/c1-6-19-7-8-23(18(3)27)21(14-19)15-20(13-17(2)26)9-11-25(29)12-10-22(28)16-24(25,4)5/h6-14,29H,1,15-16H2,2-5H3/b11-9+,20-13+. The van der Waals surface area contributed by atoms with Crippen LogP contribution >= 0.6 is 0 Å².